The van der Waals surface area contributed by atoms with Crippen LogP contribution in [0.25, 0.3) is 6.08 Å². The van der Waals surface area contributed by atoms with Crippen molar-refractivity contribution in [2.24, 2.45) is 0 Å². The molecule has 0 bridgehead atoms. The molecule has 5 nitrogen and oxygen atoms in total. The number of ether oxygens (including phenoxy) is 3. The van der Waals surface area contributed by atoms with Gasteiger partial charge in [0.05, 0.1) is 7.11 Å². The monoisotopic (exact) mass is 245 g/mol. The minimum Gasteiger partial charge on any atom is -0.486 e. The SMILES string of the molecule is COC(=O)/C(C#N)=C/c1cccc2c1OCCO2. The Morgan fingerprint density at radius 3 is 2.94 bits per heavy atom. The van der Waals surface area contributed by atoms with Crippen LogP contribution in [-0.4, -0.2) is 26.3 Å². The van der Waals surface area contributed by atoms with Crippen LogP contribution in [0, 0.1) is 11.3 Å². The Labute approximate surface area is 104 Å². The molecule has 0 amide bonds. The lowest BCUT2D eigenvalue weighted by Gasteiger charge is -2.19. The number of nitriles is 1. The van der Waals surface area contributed by atoms with Crippen LogP contribution in [0.15, 0.2) is 23.8 Å². The molecule has 0 saturated carbocycles. The smallest absolute Gasteiger partial charge is 0.348 e. The van der Waals surface area contributed by atoms with E-state index in [-0.39, 0.29) is 5.57 Å². The summed E-state index contributed by atoms with van der Waals surface area (Å²) in [5, 5.41) is 8.90. The molecule has 0 N–H and O–H groups in total. The summed E-state index contributed by atoms with van der Waals surface area (Å²) < 4.78 is 15.4. The van der Waals surface area contributed by atoms with Crippen LogP contribution >= 0.6 is 0 Å². The number of hydrogen-bond donors (Lipinski definition) is 0. The molecule has 0 saturated heterocycles. The van der Waals surface area contributed by atoms with Gasteiger partial charge in [0.1, 0.15) is 24.9 Å². The molecule has 5 heteroatoms. The van der Waals surface area contributed by atoms with Crippen LogP contribution in [0.5, 0.6) is 11.5 Å². The number of carbonyl (C=O) groups is 1. The van der Waals surface area contributed by atoms with Crippen molar-refractivity contribution in [2.75, 3.05) is 20.3 Å². The van der Waals surface area contributed by atoms with Crippen molar-refractivity contribution in [3.05, 3.63) is 29.3 Å². The zero-order chi connectivity index (χ0) is 13.0. The fraction of sp³-hybridized carbons (Fsp3) is 0.231. The molecule has 18 heavy (non-hydrogen) atoms. The maximum Gasteiger partial charge on any atom is 0.348 e. The standard InChI is InChI=1S/C13H11NO4/c1-16-13(15)10(8-14)7-9-3-2-4-11-12(9)18-6-5-17-11/h2-4,7H,5-6H2,1H3/b10-7+. The first-order valence-electron chi connectivity index (χ1n) is 5.35. The molecular formula is C13H11NO4. The van der Waals surface area contributed by atoms with Gasteiger partial charge in [0.15, 0.2) is 11.5 Å². The number of benzene rings is 1. The van der Waals surface area contributed by atoms with E-state index in [4.69, 9.17) is 14.7 Å². The number of methoxy groups -OCH3 is 1. The molecule has 1 heterocycles. The number of rotatable bonds is 2. The van der Waals surface area contributed by atoms with Crippen molar-refractivity contribution in [1.29, 1.82) is 5.26 Å². The van der Waals surface area contributed by atoms with Gasteiger partial charge in [-0.15, -0.1) is 0 Å². The number of para-hydroxylation sites is 1. The van der Waals surface area contributed by atoms with E-state index in [1.54, 1.807) is 24.3 Å². The lowest BCUT2D eigenvalue weighted by atomic mass is 10.1. The van der Waals surface area contributed by atoms with Gasteiger partial charge in [-0.3, -0.25) is 0 Å². The van der Waals surface area contributed by atoms with E-state index < -0.39 is 5.97 Å². The summed E-state index contributed by atoms with van der Waals surface area (Å²) >= 11 is 0. The van der Waals surface area contributed by atoms with Crippen molar-refractivity contribution in [2.45, 2.75) is 0 Å². The zero-order valence-corrected chi connectivity index (χ0v) is 9.80. The highest BCUT2D eigenvalue weighted by Gasteiger charge is 2.16. The summed E-state index contributed by atoms with van der Waals surface area (Å²) in [6.07, 6.45) is 1.43. The van der Waals surface area contributed by atoms with E-state index in [2.05, 4.69) is 4.74 Å². The Kier molecular flexibility index (Phi) is 3.49. The Bertz CT molecular complexity index is 542. The second kappa shape index (κ2) is 5.23. The maximum absolute atomic E-state index is 11.3. The number of nitrogens with zero attached hydrogens (tertiary/aromatic N) is 1. The number of esters is 1. The second-order valence-corrected chi connectivity index (χ2v) is 3.53. The average Bonchev–Trinajstić information content (AvgIpc) is 2.44. The third-order valence-corrected chi connectivity index (χ3v) is 2.42. The van der Waals surface area contributed by atoms with Crippen molar-refractivity contribution < 1.29 is 19.0 Å². The normalized spacial score (nSPS) is 13.7. The Balaban J connectivity index is 2.43. The summed E-state index contributed by atoms with van der Waals surface area (Å²) in [4.78, 5) is 11.3. The van der Waals surface area contributed by atoms with E-state index in [0.717, 1.165) is 0 Å². The predicted molar refractivity (Wildman–Crippen MR) is 63.0 cm³/mol. The van der Waals surface area contributed by atoms with Gasteiger partial charge in [-0.25, -0.2) is 4.79 Å². The van der Waals surface area contributed by atoms with Crippen molar-refractivity contribution in [3.8, 4) is 17.6 Å². The predicted octanol–water partition coefficient (Wildman–Crippen LogP) is 1.54. The molecular weight excluding hydrogens is 234 g/mol. The van der Waals surface area contributed by atoms with E-state index in [1.165, 1.54) is 13.2 Å². The first-order chi connectivity index (χ1) is 8.76. The zero-order valence-electron chi connectivity index (χ0n) is 9.80. The van der Waals surface area contributed by atoms with Gasteiger partial charge in [-0.2, -0.15) is 5.26 Å². The van der Waals surface area contributed by atoms with Gasteiger partial charge in [0, 0.05) is 5.56 Å². The summed E-state index contributed by atoms with van der Waals surface area (Å²) in [5.74, 6) is 0.476. The average molecular weight is 245 g/mol. The van der Waals surface area contributed by atoms with E-state index in [0.29, 0.717) is 30.3 Å². The molecule has 2 rings (SSSR count). The molecule has 1 aliphatic heterocycles. The van der Waals surface area contributed by atoms with Crippen LogP contribution in [0.2, 0.25) is 0 Å². The summed E-state index contributed by atoms with van der Waals surface area (Å²) in [6.45, 7) is 0.931. The molecule has 0 fully saturated rings. The van der Waals surface area contributed by atoms with Crippen LogP contribution < -0.4 is 9.47 Å². The molecule has 0 aliphatic carbocycles. The summed E-state index contributed by atoms with van der Waals surface area (Å²) in [5.41, 5.74) is 0.536. The van der Waals surface area contributed by atoms with Crippen molar-refractivity contribution in [3.63, 3.8) is 0 Å². The van der Waals surface area contributed by atoms with Gasteiger partial charge in [0.25, 0.3) is 0 Å². The Hall–Kier alpha value is -2.48. The highest BCUT2D eigenvalue weighted by Crippen LogP contribution is 2.34. The fourth-order valence-electron chi connectivity index (χ4n) is 1.61. The first kappa shape index (κ1) is 12.0. The Morgan fingerprint density at radius 1 is 1.44 bits per heavy atom. The molecule has 1 aromatic rings. The maximum atomic E-state index is 11.3. The van der Waals surface area contributed by atoms with Crippen LogP contribution in [0.1, 0.15) is 5.56 Å². The number of hydrogen-bond acceptors (Lipinski definition) is 5. The molecule has 0 atom stereocenters. The Morgan fingerprint density at radius 2 is 2.22 bits per heavy atom. The highest BCUT2D eigenvalue weighted by atomic mass is 16.6. The lowest BCUT2D eigenvalue weighted by Crippen LogP contribution is -2.16. The van der Waals surface area contributed by atoms with Crippen LogP contribution in [0.4, 0.5) is 0 Å². The van der Waals surface area contributed by atoms with Crippen LogP contribution in [-0.2, 0) is 9.53 Å². The van der Waals surface area contributed by atoms with Crippen LogP contribution in [0.3, 0.4) is 0 Å². The first-order valence-corrected chi connectivity index (χ1v) is 5.35. The highest BCUT2D eigenvalue weighted by molar-refractivity contribution is 5.98. The lowest BCUT2D eigenvalue weighted by molar-refractivity contribution is -0.135. The molecule has 0 spiro atoms. The minimum absolute atomic E-state index is 0.0833. The number of fused-ring (bicyclic) bond motifs is 1. The van der Waals surface area contributed by atoms with Crippen molar-refractivity contribution in [1.82, 2.24) is 0 Å². The number of carbonyl (C=O) groups excluding carboxylic acids is 1. The molecule has 92 valence electrons. The van der Waals surface area contributed by atoms with E-state index >= 15 is 0 Å². The van der Waals surface area contributed by atoms with Gasteiger partial charge < -0.3 is 14.2 Å². The summed E-state index contributed by atoms with van der Waals surface area (Å²) in [7, 11) is 1.23. The van der Waals surface area contributed by atoms with Crippen molar-refractivity contribution >= 4 is 12.0 Å². The van der Waals surface area contributed by atoms with Gasteiger partial charge in [-0.05, 0) is 12.1 Å². The molecule has 1 aliphatic rings. The molecule has 0 unspecified atom stereocenters. The van der Waals surface area contributed by atoms with Gasteiger partial charge in [0.2, 0.25) is 0 Å². The third-order valence-electron chi connectivity index (χ3n) is 2.42. The summed E-state index contributed by atoms with van der Waals surface area (Å²) in [6, 6.07) is 7.09. The van der Waals surface area contributed by atoms with Gasteiger partial charge >= 0.3 is 5.97 Å². The van der Waals surface area contributed by atoms with E-state index in [1.807, 2.05) is 0 Å². The van der Waals surface area contributed by atoms with E-state index in [9.17, 15) is 4.79 Å². The molecule has 1 aromatic carbocycles. The topological polar surface area (TPSA) is 68.6 Å². The third kappa shape index (κ3) is 2.28. The van der Waals surface area contributed by atoms with Gasteiger partial charge in [-0.1, -0.05) is 12.1 Å². The molecule has 0 aromatic heterocycles. The minimum atomic E-state index is -0.674. The largest absolute Gasteiger partial charge is 0.486 e. The fourth-order valence-corrected chi connectivity index (χ4v) is 1.61. The molecule has 0 radical (unpaired) electrons. The quantitative estimate of drug-likeness (QED) is 0.449. The second-order valence-electron chi connectivity index (χ2n) is 3.53.